The van der Waals surface area contributed by atoms with Crippen molar-refractivity contribution in [2.24, 2.45) is 0 Å². The fourth-order valence-corrected chi connectivity index (χ4v) is 3.15. The van der Waals surface area contributed by atoms with E-state index in [1.807, 2.05) is 19.9 Å². The van der Waals surface area contributed by atoms with Gasteiger partial charge in [-0.25, -0.2) is 9.97 Å². The summed E-state index contributed by atoms with van der Waals surface area (Å²) in [6, 6.07) is 8.45. The maximum atomic E-state index is 12.1. The van der Waals surface area contributed by atoms with Crippen molar-refractivity contribution in [2.75, 3.05) is 0 Å². The Balaban J connectivity index is 1.88. The molecule has 0 aliphatic heterocycles. The highest BCUT2D eigenvalue weighted by Crippen LogP contribution is 2.22. The van der Waals surface area contributed by atoms with Gasteiger partial charge in [0.1, 0.15) is 11.3 Å². The maximum absolute atomic E-state index is 12.1. The number of nitrogens with zero attached hydrogens (tertiary/aromatic N) is 2. The molecule has 0 amide bonds. The first-order valence-corrected chi connectivity index (χ1v) is 8.05. The lowest BCUT2D eigenvalue weighted by molar-refractivity contribution is 0.560. The van der Waals surface area contributed by atoms with Gasteiger partial charge in [-0.05, 0) is 38.1 Å². The molecule has 2 heterocycles. The van der Waals surface area contributed by atoms with Gasteiger partial charge in [-0.2, -0.15) is 0 Å². The molecule has 0 bridgehead atoms. The highest BCUT2D eigenvalue weighted by molar-refractivity contribution is 7.98. The van der Waals surface area contributed by atoms with Crippen LogP contribution in [-0.4, -0.2) is 9.97 Å². The van der Waals surface area contributed by atoms with Crippen molar-refractivity contribution in [1.82, 2.24) is 9.97 Å². The molecule has 3 aromatic rings. The topological polar surface area (TPSA) is 56.0 Å². The normalized spacial score (nSPS) is 11.0. The van der Waals surface area contributed by atoms with Gasteiger partial charge in [-0.1, -0.05) is 23.4 Å². The smallest absolute Gasteiger partial charge is 0.193 e. The van der Waals surface area contributed by atoms with Crippen LogP contribution in [0.5, 0.6) is 0 Å². The Morgan fingerprint density at radius 1 is 1.14 bits per heavy atom. The van der Waals surface area contributed by atoms with Crippen LogP contribution < -0.4 is 5.43 Å². The molecule has 0 atom stereocenters. The molecule has 0 radical (unpaired) electrons. The molecule has 2 aromatic heterocycles. The summed E-state index contributed by atoms with van der Waals surface area (Å²) in [5.41, 5.74) is 2.28. The van der Waals surface area contributed by atoms with E-state index in [1.54, 1.807) is 18.2 Å². The predicted octanol–water partition coefficient (Wildman–Crippen LogP) is 4.15. The third kappa shape index (κ3) is 3.31. The van der Waals surface area contributed by atoms with E-state index in [1.165, 1.54) is 17.8 Å². The molecule has 0 saturated heterocycles. The molecule has 0 aliphatic carbocycles. The Kier molecular flexibility index (Phi) is 4.18. The molecule has 22 heavy (non-hydrogen) atoms. The first-order valence-electron chi connectivity index (χ1n) is 6.68. The minimum Gasteiger partial charge on any atom is -0.460 e. The van der Waals surface area contributed by atoms with Gasteiger partial charge in [-0.15, -0.1) is 0 Å². The zero-order chi connectivity index (χ0) is 15.7. The molecule has 3 rings (SSSR count). The Bertz CT molecular complexity index is 888. The first-order chi connectivity index (χ1) is 10.5. The summed E-state index contributed by atoms with van der Waals surface area (Å²) in [5.74, 6) is 1.09. The minimum absolute atomic E-state index is 0.0966. The highest BCUT2D eigenvalue weighted by Gasteiger charge is 2.08. The second-order valence-corrected chi connectivity index (χ2v) is 6.32. The van der Waals surface area contributed by atoms with Crippen LogP contribution in [0.3, 0.4) is 0 Å². The number of hydrogen-bond acceptors (Lipinski definition) is 5. The van der Waals surface area contributed by atoms with Crippen LogP contribution in [0.25, 0.3) is 11.0 Å². The summed E-state index contributed by atoms with van der Waals surface area (Å²) in [6.07, 6.45) is 0. The van der Waals surface area contributed by atoms with E-state index in [0.717, 1.165) is 11.4 Å². The van der Waals surface area contributed by atoms with Crippen LogP contribution in [-0.2, 0) is 5.75 Å². The molecule has 112 valence electrons. The van der Waals surface area contributed by atoms with Crippen LogP contribution >= 0.6 is 23.4 Å². The SMILES string of the molecule is Cc1cc(C)nc(SCc2cc(=O)c3cc(Cl)ccc3o2)n1. The molecule has 1 aromatic carbocycles. The summed E-state index contributed by atoms with van der Waals surface area (Å²) in [4.78, 5) is 20.8. The summed E-state index contributed by atoms with van der Waals surface area (Å²) in [6.45, 7) is 3.86. The Morgan fingerprint density at radius 2 is 1.86 bits per heavy atom. The first kappa shape index (κ1) is 15.1. The molecule has 6 heteroatoms. The highest BCUT2D eigenvalue weighted by atomic mass is 35.5. The van der Waals surface area contributed by atoms with Crippen molar-refractivity contribution in [2.45, 2.75) is 24.8 Å². The number of hydrogen-bond donors (Lipinski definition) is 0. The van der Waals surface area contributed by atoms with Gasteiger partial charge in [-0.3, -0.25) is 4.79 Å². The van der Waals surface area contributed by atoms with Gasteiger partial charge in [0.2, 0.25) is 0 Å². The van der Waals surface area contributed by atoms with Gasteiger partial charge in [0.05, 0.1) is 11.1 Å². The summed E-state index contributed by atoms with van der Waals surface area (Å²) >= 11 is 7.34. The van der Waals surface area contributed by atoms with Crippen LogP contribution in [0.4, 0.5) is 0 Å². The molecule has 0 saturated carbocycles. The van der Waals surface area contributed by atoms with E-state index >= 15 is 0 Å². The van der Waals surface area contributed by atoms with Crippen molar-refractivity contribution in [3.05, 3.63) is 62.7 Å². The molecule has 0 N–H and O–H groups in total. The number of halogens is 1. The van der Waals surface area contributed by atoms with Crippen molar-refractivity contribution in [1.29, 1.82) is 0 Å². The number of aromatic nitrogens is 2. The number of benzene rings is 1. The zero-order valence-corrected chi connectivity index (χ0v) is 13.7. The molecule has 0 unspecified atom stereocenters. The van der Waals surface area contributed by atoms with Crippen LogP contribution in [0, 0.1) is 13.8 Å². The molecular formula is C16H13ClN2O2S. The van der Waals surface area contributed by atoms with Gasteiger partial charge < -0.3 is 4.42 Å². The monoisotopic (exact) mass is 332 g/mol. The summed E-state index contributed by atoms with van der Waals surface area (Å²) in [7, 11) is 0. The standard InChI is InChI=1S/C16H13ClN2O2S/c1-9-5-10(2)19-16(18-9)22-8-12-7-14(20)13-6-11(17)3-4-15(13)21-12/h3-7H,8H2,1-2H3. The van der Waals surface area contributed by atoms with Gasteiger partial charge in [0.25, 0.3) is 0 Å². The molecule has 4 nitrogen and oxygen atoms in total. The largest absolute Gasteiger partial charge is 0.460 e. The number of fused-ring (bicyclic) bond motifs is 1. The second-order valence-electron chi connectivity index (χ2n) is 4.94. The van der Waals surface area contributed by atoms with Crippen LogP contribution in [0.15, 0.2) is 44.7 Å². The molecule has 0 fully saturated rings. The summed E-state index contributed by atoms with van der Waals surface area (Å²) < 4.78 is 5.74. The van der Waals surface area contributed by atoms with Gasteiger partial charge >= 0.3 is 0 Å². The van der Waals surface area contributed by atoms with E-state index in [0.29, 0.717) is 32.7 Å². The van der Waals surface area contributed by atoms with E-state index in [2.05, 4.69) is 9.97 Å². The third-order valence-corrected chi connectivity index (χ3v) is 4.15. The zero-order valence-electron chi connectivity index (χ0n) is 12.1. The minimum atomic E-state index is -0.0966. The lowest BCUT2D eigenvalue weighted by Gasteiger charge is -2.04. The number of thioether (sulfide) groups is 1. The lowest BCUT2D eigenvalue weighted by Crippen LogP contribution is -2.02. The van der Waals surface area contributed by atoms with Crippen molar-refractivity contribution in [3.8, 4) is 0 Å². The third-order valence-electron chi connectivity index (χ3n) is 3.05. The Labute approximate surface area is 136 Å². The van der Waals surface area contributed by atoms with Gasteiger partial charge in [0.15, 0.2) is 10.6 Å². The van der Waals surface area contributed by atoms with Gasteiger partial charge in [0, 0.05) is 22.5 Å². The average molecular weight is 333 g/mol. The van der Waals surface area contributed by atoms with Crippen molar-refractivity contribution in [3.63, 3.8) is 0 Å². The molecule has 0 aliphatic rings. The van der Waals surface area contributed by atoms with Crippen molar-refractivity contribution >= 4 is 34.3 Å². The van der Waals surface area contributed by atoms with Crippen LogP contribution in [0.2, 0.25) is 5.02 Å². The molecular weight excluding hydrogens is 320 g/mol. The Hall–Kier alpha value is -1.85. The Morgan fingerprint density at radius 3 is 2.59 bits per heavy atom. The fraction of sp³-hybridized carbons (Fsp3) is 0.188. The van der Waals surface area contributed by atoms with Crippen LogP contribution in [0.1, 0.15) is 17.1 Å². The maximum Gasteiger partial charge on any atom is 0.193 e. The predicted molar refractivity (Wildman–Crippen MR) is 88.6 cm³/mol. The van der Waals surface area contributed by atoms with E-state index in [4.69, 9.17) is 16.0 Å². The average Bonchev–Trinajstić information content (AvgIpc) is 2.45. The number of aryl methyl sites for hydroxylation is 2. The van der Waals surface area contributed by atoms with E-state index in [9.17, 15) is 4.79 Å². The van der Waals surface area contributed by atoms with E-state index in [-0.39, 0.29) is 5.43 Å². The summed E-state index contributed by atoms with van der Waals surface area (Å²) in [5, 5.41) is 1.69. The lowest BCUT2D eigenvalue weighted by atomic mass is 10.2. The second kappa shape index (κ2) is 6.10. The van der Waals surface area contributed by atoms with Crippen molar-refractivity contribution < 1.29 is 4.42 Å². The number of rotatable bonds is 3. The fourth-order valence-electron chi connectivity index (χ4n) is 2.14. The quantitative estimate of drug-likeness (QED) is 0.533. The van der Waals surface area contributed by atoms with E-state index < -0.39 is 0 Å². The molecule has 0 spiro atoms.